The lowest BCUT2D eigenvalue weighted by molar-refractivity contribution is -0.496. The molecule has 0 bridgehead atoms. The number of nitrogens with one attached hydrogen (secondary N) is 8. The first-order valence-electron chi connectivity index (χ1n) is 46.3. The van der Waals surface area contributed by atoms with Gasteiger partial charge in [0.2, 0.25) is 21.4 Å². The maximum absolute atomic E-state index is 12.9. The lowest BCUT2D eigenvalue weighted by Gasteiger charge is -2.19. The van der Waals surface area contributed by atoms with E-state index in [2.05, 4.69) is 249 Å². The number of hydrogen-bond donors (Lipinski definition) is 8. The van der Waals surface area contributed by atoms with Crippen molar-refractivity contribution in [1.82, 2.24) is 0 Å². The van der Waals surface area contributed by atoms with E-state index in [0.29, 0.717) is 48.7 Å². The first-order chi connectivity index (χ1) is 63.9. The van der Waals surface area contributed by atoms with Crippen molar-refractivity contribution in [3.63, 3.8) is 0 Å². The Morgan fingerprint density at radius 1 is 0.254 bits per heavy atom. The molecule has 134 heavy (non-hydrogen) atoms. The summed E-state index contributed by atoms with van der Waals surface area (Å²) in [7, 11) is 0. The van der Waals surface area contributed by atoms with Gasteiger partial charge in [-0.2, -0.15) is 0 Å². The fraction of sp³-hybridized carbons (Fsp3) is 0.298. The summed E-state index contributed by atoms with van der Waals surface area (Å²) in [6.07, 6.45) is 0. The van der Waals surface area contributed by atoms with Gasteiger partial charge in [0.15, 0.2) is 0 Å². The minimum absolute atomic E-state index is 0. The molecule has 696 valence electrons. The molecule has 0 radical (unpaired) electrons. The number of fused-ring (bicyclic) bond motifs is 8. The van der Waals surface area contributed by atoms with Gasteiger partial charge in [0.05, 0.1) is 72.9 Å². The zero-order valence-corrected chi connectivity index (χ0v) is 79.9. The van der Waals surface area contributed by atoms with Crippen molar-refractivity contribution in [2.75, 3.05) is 100 Å². The first-order valence-corrected chi connectivity index (χ1v) is 46.3. The van der Waals surface area contributed by atoms with Crippen LogP contribution in [0.2, 0.25) is 0 Å². The Bertz CT molecular complexity index is 6320. The van der Waals surface area contributed by atoms with Crippen molar-refractivity contribution in [1.29, 1.82) is 0 Å². The Kier molecular flexibility index (Phi) is 34.1. The number of carbonyl (C=O) groups is 4. The van der Waals surface area contributed by atoms with Crippen LogP contribution in [-0.2, 0) is 18.9 Å². The number of esters is 4. The van der Waals surface area contributed by atoms with Crippen LogP contribution in [0.3, 0.4) is 0 Å². The molecule has 0 fully saturated rings. The van der Waals surface area contributed by atoms with E-state index in [-0.39, 0.29) is 38.7 Å². The molecule has 8 aliphatic rings. The lowest BCUT2D eigenvalue weighted by atomic mass is 9.89. The van der Waals surface area contributed by atoms with E-state index in [1.165, 1.54) is 0 Å². The van der Waals surface area contributed by atoms with Crippen molar-refractivity contribution >= 4 is 90.5 Å². The van der Waals surface area contributed by atoms with Gasteiger partial charge in [-0.25, -0.2) is 39.1 Å². The van der Waals surface area contributed by atoms with Gasteiger partial charge < -0.3 is 57.9 Å². The van der Waals surface area contributed by atoms with Gasteiger partial charge in [-0.3, -0.25) is 0 Å². The van der Waals surface area contributed by atoms with Gasteiger partial charge in [0.1, 0.15) is 71.6 Å². The van der Waals surface area contributed by atoms with Crippen LogP contribution in [0.4, 0.5) is 22.7 Å². The largest absolute Gasteiger partial charge is 0.462 e. The van der Waals surface area contributed by atoms with Crippen LogP contribution in [0, 0.1) is 55.4 Å². The van der Waals surface area contributed by atoms with E-state index in [4.69, 9.17) is 36.6 Å². The molecule has 8 aromatic carbocycles. The summed E-state index contributed by atoms with van der Waals surface area (Å²) in [4.78, 5) is 65.1. The maximum atomic E-state index is 12.9. The highest BCUT2D eigenvalue weighted by atomic mass is 16.5. The average Bonchev–Trinajstić information content (AvgIpc) is 0.754. The fourth-order valence-electron chi connectivity index (χ4n) is 17.4. The summed E-state index contributed by atoms with van der Waals surface area (Å²) < 4.78 is 47.3. The third kappa shape index (κ3) is 21.4. The van der Waals surface area contributed by atoms with E-state index in [1.807, 2.05) is 125 Å². The van der Waals surface area contributed by atoms with Gasteiger partial charge in [0.25, 0.3) is 0 Å². The Morgan fingerprint density at radius 2 is 0.448 bits per heavy atom. The average molecular weight is 1810 g/mol. The molecule has 0 saturated heterocycles. The molecule has 16 rings (SSSR count). The van der Waals surface area contributed by atoms with Crippen LogP contribution in [0.1, 0.15) is 184 Å². The second kappa shape index (κ2) is 45.6. The second-order valence-electron chi connectivity index (χ2n) is 32.5. The van der Waals surface area contributed by atoms with Crippen LogP contribution >= 0.6 is 0 Å². The highest BCUT2D eigenvalue weighted by molar-refractivity contribution is 6.13. The topological polar surface area (TPSA) is 262 Å². The van der Waals surface area contributed by atoms with E-state index in [0.717, 1.165) is 275 Å². The molecule has 8 aromatic rings. The summed E-state index contributed by atoms with van der Waals surface area (Å²) >= 11 is 0. The number of aryl methyl sites for hydroxylation is 8. The smallest absolute Gasteiger partial charge is 0.338 e. The predicted molar refractivity (Wildman–Crippen MR) is 543 cm³/mol. The van der Waals surface area contributed by atoms with Gasteiger partial charge in [-0.1, -0.05) is 87.6 Å². The maximum Gasteiger partial charge on any atom is 0.338 e. The zero-order valence-electron chi connectivity index (χ0n) is 79.9. The summed E-state index contributed by atoms with van der Waals surface area (Å²) in [5.74, 6) is 1.78. The summed E-state index contributed by atoms with van der Waals surface area (Å²) in [5, 5.41) is 21.7. The molecule has 0 aromatic heterocycles. The van der Waals surface area contributed by atoms with E-state index < -0.39 is 0 Å². The molecule has 4 aliphatic heterocycles. The van der Waals surface area contributed by atoms with Crippen LogP contribution in [-0.4, -0.2) is 103 Å². The van der Waals surface area contributed by atoms with Crippen molar-refractivity contribution in [2.24, 2.45) is 0 Å². The molecule has 20 heteroatoms. The molecule has 20 nitrogen and oxygen atoms in total. The Balaban J connectivity index is 0.000000171. The van der Waals surface area contributed by atoms with Crippen molar-refractivity contribution < 1.29 is 75.8 Å². The number of carbonyl (C=O) groups excluding carboxylic acids is 4. The van der Waals surface area contributed by atoms with Gasteiger partial charge in [-0.15, -0.1) is 0 Å². The summed E-state index contributed by atoms with van der Waals surface area (Å²) in [6.45, 7) is 48.5. The zero-order chi connectivity index (χ0) is 94.1. The fourth-order valence-corrected chi connectivity index (χ4v) is 17.4. The third-order valence-corrected chi connectivity index (χ3v) is 23.4. The van der Waals surface area contributed by atoms with E-state index in [9.17, 15) is 19.2 Å². The molecule has 0 amide bonds. The van der Waals surface area contributed by atoms with Crippen LogP contribution in [0.15, 0.2) is 212 Å². The molecule has 0 unspecified atom stereocenters. The molecule has 8 N–H and O–H groups in total. The standard InChI is InChI=1S/4C28H30N2O3.2CH4/c4*1-6-29-23-15-25-21(13-17(23)4)27(19-11-9-10-12-20(19)28(31)32-8-3)22-14-18(5)24(30-7-2)16-26(22)33-25;;/h4*9-16,29H,6-8H2,1-5H3;2*1H4/p+4. The number of benzene rings is 12. The Hall–Kier alpha value is -14.4. The second-order valence-corrected chi connectivity index (χ2v) is 32.5. The van der Waals surface area contributed by atoms with Crippen LogP contribution in [0.25, 0.3) is 134 Å². The quantitative estimate of drug-likeness (QED) is 0.0159. The number of ether oxygens (including phenoxy) is 4. The third-order valence-electron chi connectivity index (χ3n) is 23.4. The van der Waals surface area contributed by atoms with Crippen LogP contribution in [0.5, 0.6) is 0 Å². The highest BCUT2D eigenvalue weighted by Crippen LogP contribution is 2.49. The summed E-state index contributed by atoms with van der Waals surface area (Å²) in [5.41, 5.74) is 29.5. The van der Waals surface area contributed by atoms with Crippen LogP contribution < -0.4 is 62.7 Å². The highest BCUT2D eigenvalue weighted by Gasteiger charge is 2.31. The normalized spacial score (nSPS) is 11.7. The monoisotopic (exact) mass is 1800 g/mol. The molecule has 4 heterocycles. The minimum Gasteiger partial charge on any atom is -0.462 e. The summed E-state index contributed by atoms with van der Waals surface area (Å²) in [6, 6.07) is 64.1. The molecule has 0 saturated carbocycles. The van der Waals surface area contributed by atoms with Crippen molar-refractivity contribution in [3.8, 4) is 89.8 Å². The molecule has 4 aliphatic carbocycles. The van der Waals surface area contributed by atoms with Gasteiger partial charge >= 0.3 is 23.9 Å². The Morgan fingerprint density at radius 3 is 0.627 bits per heavy atom. The first kappa shape index (κ1) is 100. The van der Waals surface area contributed by atoms with Crippen molar-refractivity contribution in [3.05, 3.63) is 282 Å². The molecular weight excluding hydrogens is 1670 g/mol. The van der Waals surface area contributed by atoms with Crippen molar-refractivity contribution in [2.45, 2.75) is 153 Å². The lowest BCUT2D eigenvalue weighted by Crippen LogP contribution is -2.76. The minimum atomic E-state index is -0.322. The number of anilines is 4. The van der Waals surface area contributed by atoms with E-state index in [1.54, 1.807) is 0 Å². The SMILES string of the molecule is C.C.CCNc1cc2oc3cc(=[NH+]CC)c(C)cc-3c(-c3ccccc3C(=O)OCC)c2cc1C.CCNc1cc2oc3cc(=[NH+]CC)c(C)cc-3c(-c3ccccc3C(=O)OCC)c2cc1C.CCNc1cc2oc3cc(=[NH+]CC)c(C)cc-3c(-c3ccccc3C(=O)OCC)c2cc1C.CCNc1cc2oc3cc(=[NH+]CC)c(C)cc-3c(-c3ccccc3C(=O)OCC)c2cc1C. The predicted octanol–water partition coefficient (Wildman–Crippen LogP) is 19.0. The number of rotatable bonds is 24. The molecule has 0 atom stereocenters. The molecular formula is C114H132N8O12+4. The van der Waals surface area contributed by atoms with Gasteiger partial charge in [0, 0.05) is 162 Å². The molecule has 0 spiro atoms. The number of hydrogen-bond acceptors (Lipinski definition) is 16. The van der Waals surface area contributed by atoms with Gasteiger partial charge in [-0.05, 0) is 256 Å². The van der Waals surface area contributed by atoms with E-state index >= 15 is 0 Å². The Labute approximate surface area is 787 Å².